The van der Waals surface area contributed by atoms with Crippen LogP contribution in [-0.4, -0.2) is 37.3 Å². The first-order valence-corrected chi connectivity index (χ1v) is 10.4. The Bertz CT molecular complexity index is 897. The third-order valence-electron chi connectivity index (χ3n) is 4.73. The summed E-state index contributed by atoms with van der Waals surface area (Å²) in [4.78, 5) is 0. The van der Waals surface area contributed by atoms with Crippen LogP contribution in [0.4, 0.5) is 0 Å². The van der Waals surface area contributed by atoms with Crippen molar-refractivity contribution in [3.8, 4) is 0 Å². The zero-order valence-electron chi connectivity index (χ0n) is 15.8. The van der Waals surface area contributed by atoms with Crippen LogP contribution >= 0.6 is 11.8 Å². The second-order valence-corrected chi connectivity index (χ2v) is 8.02. The highest BCUT2D eigenvalue weighted by Gasteiger charge is 2.21. The quantitative estimate of drug-likeness (QED) is 0.583. The Kier molecular flexibility index (Phi) is 5.59. The minimum Gasteiger partial charge on any atom is -0.376 e. The largest absolute Gasteiger partial charge is 0.376 e. The van der Waals surface area contributed by atoms with Crippen LogP contribution < -0.4 is 0 Å². The summed E-state index contributed by atoms with van der Waals surface area (Å²) >= 11 is 1.73. The lowest BCUT2D eigenvalue weighted by atomic mass is 10.2. The van der Waals surface area contributed by atoms with E-state index >= 15 is 0 Å². The van der Waals surface area contributed by atoms with E-state index in [0.717, 1.165) is 48.4 Å². The fourth-order valence-corrected chi connectivity index (χ4v) is 4.27. The van der Waals surface area contributed by atoms with Crippen LogP contribution in [0.2, 0.25) is 0 Å². The molecule has 1 fully saturated rings. The molecule has 7 heteroatoms. The van der Waals surface area contributed by atoms with Crippen molar-refractivity contribution < 1.29 is 4.74 Å². The van der Waals surface area contributed by atoms with Gasteiger partial charge in [0.05, 0.1) is 18.3 Å². The molecule has 6 nitrogen and oxygen atoms in total. The number of benzene rings is 1. The van der Waals surface area contributed by atoms with Gasteiger partial charge in [-0.3, -0.25) is 4.68 Å². The number of aryl methyl sites for hydroxylation is 2. The maximum Gasteiger partial charge on any atom is 0.191 e. The molecule has 142 valence electrons. The average Bonchev–Trinajstić information content (AvgIpc) is 3.38. The van der Waals surface area contributed by atoms with Gasteiger partial charge in [-0.15, -0.1) is 10.2 Å². The highest BCUT2D eigenvalue weighted by Crippen LogP contribution is 2.25. The van der Waals surface area contributed by atoms with Crippen LogP contribution in [0.5, 0.6) is 0 Å². The lowest BCUT2D eigenvalue weighted by molar-refractivity contribution is 0.0940. The van der Waals surface area contributed by atoms with Crippen molar-refractivity contribution in [1.82, 2.24) is 24.5 Å². The SMILES string of the molecule is Cc1cccc(CSc2nnc(Cn3ccc(C)n3)n2CC2CCCO2)c1. The van der Waals surface area contributed by atoms with Crippen molar-refractivity contribution >= 4 is 11.8 Å². The summed E-state index contributed by atoms with van der Waals surface area (Å²) in [6.07, 6.45) is 4.46. The zero-order valence-corrected chi connectivity index (χ0v) is 16.7. The number of ether oxygens (including phenoxy) is 1. The van der Waals surface area contributed by atoms with Crippen molar-refractivity contribution in [2.75, 3.05) is 6.61 Å². The number of aromatic nitrogens is 5. The van der Waals surface area contributed by atoms with E-state index in [1.807, 2.05) is 23.9 Å². The minimum atomic E-state index is 0.248. The average molecular weight is 384 g/mol. The van der Waals surface area contributed by atoms with Gasteiger partial charge in [-0.2, -0.15) is 5.10 Å². The molecule has 0 amide bonds. The van der Waals surface area contributed by atoms with Crippen LogP contribution in [0.15, 0.2) is 41.7 Å². The molecule has 3 heterocycles. The van der Waals surface area contributed by atoms with Crippen molar-refractivity contribution in [1.29, 1.82) is 0 Å². The number of rotatable bonds is 7. The van der Waals surface area contributed by atoms with Gasteiger partial charge in [0.2, 0.25) is 0 Å². The summed E-state index contributed by atoms with van der Waals surface area (Å²) in [6, 6.07) is 10.6. The fourth-order valence-electron chi connectivity index (χ4n) is 3.36. The first-order valence-electron chi connectivity index (χ1n) is 9.39. The fraction of sp³-hybridized carbons (Fsp3) is 0.450. The van der Waals surface area contributed by atoms with E-state index in [0.29, 0.717) is 6.54 Å². The third-order valence-corrected chi connectivity index (χ3v) is 5.77. The van der Waals surface area contributed by atoms with Gasteiger partial charge in [0.1, 0.15) is 6.54 Å². The predicted octanol–water partition coefficient (Wildman–Crippen LogP) is 3.61. The molecule has 0 N–H and O–H groups in total. The lowest BCUT2D eigenvalue weighted by Gasteiger charge is -2.14. The molecule has 0 saturated carbocycles. The lowest BCUT2D eigenvalue weighted by Crippen LogP contribution is -2.19. The normalized spacial score (nSPS) is 16.9. The number of thioether (sulfide) groups is 1. The highest BCUT2D eigenvalue weighted by atomic mass is 32.2. The maximum atomic E-state index is 5.86. The molecule has 1 aliphatic rings. The molecule has 0 aliphatic carbocycles. The molecule has 0 radical (unpaired) electrons. The number of hydrogen-bond donors (Lipinski definition) is 0. The molecule has 3 aromatic rings. The molecule has 1 unspecified atom stereocenters. The summed E-state index contributed by atoms with van der Waals surface area (Å²) < 4.78 is 9.99. The summed E-state index contributed by atoms with van der Waals surface area (Å²) in [5.74, 6) is 1.81. The van der Waals surface area contributed by atoms with E-state index in [-0.39, 0.29) is 6.10 Å². The Balaban J connectivity index is 1.53. The van der Waals surface area contributed by atoms with Crippen molar-refractivity contribution in [2.45, 2.75) is 56.8 Å². The highest BCUT2D eigenvalue weighted by molar-refractivity contribution is 7.98. The van der Waals surface area contributed by atoms with Gasteiger partial charge in [-0.1, -0.05) is 41.6 Å². The summed E-state index contributed by atoms with van der Waals surface area (Å²) in [5, 5.41) is 14.4. The zero-order chi connectivity index (χ0) is 18.6. The van der Waals surface area contributed by atoms with Gasteiger partial charge in [-0.05, 0) is 38.3 Å². The van der Waals surface area contributed by atoms with Crippen LogP contribution in [0.3, 0.4) is 0 Å². The van der Waals surface area contributed by atoms with E-state index in [2.05, 4.69) is 51.1 Å². The molecule has 0 bridgehead atoms. The Hall–Kier alpha value is -2.12. The number of hydrogen-bond acceptors (Lipinski definition) is 5. The van der Waals surface area contributed by atoms with Crippen LogP contribution in [0.25, 0.3) is 0 Å². The van der Waals surface area contributed by atoms with Crippen molar-refractivity contribution in [2.24, 2.45) is 0 Å². The molecule has 2 aromatic heterocycles. The second-order valence-electron chi connectivity index (χ2n) is 7.08. The molecular formula is C20H25N5OS. The van der Waals surface area contributed by atoms with Gasteiger partial charge >= 0.3 is 0 Å². The molecular weight excluding hydrogens is 358 g/mol. The third kappa shape index (κ3) is 4.59. The standard InChI is InChI=1S/C20H25N5OS/c1-15-5-3-6-17(11-15)14-27-20-22-21-19(13-24-9-8-16(2)23-24)25(20)12-18-7-4-10-26-18/h3,5-6,8-9,11,18H,4,7,10,12-14H2,1-2H3. The van der Waals surface area contributed by atoms with Gasteiger partial charge in [0.15, 0.2) is 11.0 Å². The Morgan fingerprint density at radius 1 is 1.22 bits per heavy atom. The molecule has 4 rings (SSSR count). The van der Waals surface area contributed by atoms with Gasteiger partial charge in [-0.25, -0.2) is 0 Å². The van der Waals surface area contributed by atoms with Crippen LogP contribution in [0.1, 0.15) is 35.5 Å². The first kappa shape index (κ1) is 18.3. The smallest absolute Gasteiger partial charge is 0.191 e. The molecule has 27 heavy (non-hydrogen) atoms. The predicted molar refractivity (Wildman–Crippen MR) is 106 cm³/mol. The minimum absolute atomic E-state index is 0.248. The van der Waals surface area contributed by atoms with Crippen molar-refractivity contribution in [3.63, 3.8) is 0 Å². The Labute approximate surface area is 163 Å². The first-order chi connectivity index (χ1) is 13.2. The van der Waals surface area contributed by atoms with E-state index in [9.17, 15) is 0 Å². The van der Waals surface area contributed by atoms with Gasteiger partial charge in [0.25, 0.3) is 0 Å². The summed E-state index contributed by atoms with van der Waals surface area (Å²) in [6.45, 7) is 6.40. The monoisotopic (exact) mass is 383 g/mol. The van der Waals surface area contributed by atoms with Crippen LogP contribution in [0, 0.1) is 13.8 Å². The molecule has 1 saturated heterocycles. The van der Waals surface area contributed by atoms with Gasteiger partial charge < -0.3 is 9.30 Å². The van der Waals surface area contributed by atoms with E-state index in [4.69, 9.17) is 4.74 Å². The topological polar surface area (TPSA) is 57.8 Å². The van der Waals surface area contributed by atoms with E-state index in [1.165, 1.54) is 11.1 Å². The maximum absolute atomic E-state index is 5.86. The molecule has 1 aliphatic heterocycles. The summed E-state index contributed by atoms with van der Waals surface area (Å²) in [7, 11) is 0. The molecule has 1 atom stereocenters. The molecule has 0 spiro atoms. The van der Waals surface area contributed by atoms with Crippen LogP contribution in [-0.2, 0) is 23.6 Å². The van der Waals surface area contributed by atoms with Crippen molar-refractivity contribution in [3.05, 3.63) is 59.2 Å². The Morgan fingerprint density at radius 2 is 2.15 bits per heavy atom. The number of nitrogens with zero attached hydrogens (tertiary/aromatic N) is 5. The van der Waals surface area contributed by atoms with E-state index < -0.39 is 0 Å². The van der Waals surface area contributed by atoms with E-state index in [1.54, 1.807) is 11.8 Å². The Morgan fingerprint density at radius 3 is 2.89 bits per heavy atom. The van der Waals surface area contributed by atoms with Gasteiger partial charge in [0, 0.05) is 18.6 Å². The molecule has 1 aromatic carbocycles. The summed E-state index contributed by atoms with van der Waals surface area (Å²) in [5.41, 5.74) is 3.59. The second kappa shape index (κ2) is 8.27.